The molecule has 2 heterocycles. The van der Waals surface area contributed by atoms with E-state index in [0.29, 0.717) is 0 Å². The zero-order valence-electron chi connectivity index (χ0n) is 12.7. The molecule has 0 atom stereocenters. The number of anilines is 1. The van der Waals surface area contributed by atoms with Crippen LogP contribution in [-0.4, -0.2) is 21.7 Å². The summed E-state index contributed by atoms with van der Waals surface area (Å²) in [6.07, 6.45) is 0. The third kappa shape index (κ3) is 2.61. The molecule has 2 aromatic heterocycles. The van der Waals surface area contributed by atoms with Crippen LogP contribution < -0.4 is 5.32 Å². The molecule has 5 heteroatoms. The standard InChI is InChI=1S/C16H18N4S/c1-5-17-16-20-19-15(21-16)13-8-11(4)18-14-7-10(3)9(2)6-12(13)14/h6-8H,5H2,1-4H3,(H,17,20). The number of aromatic nitrogens is 3. The van der Waals surface area contributed by atoms with Crippen LogP contribution >= 0.6 is 11.3 Å². The Kier molecular flexibility index (Phi) is 3.59. The van der Waals surface area contributed by atoms with Crippen LogP contribution in [0, 0.1) is 20.8 Å². The number of nitrogens with one attached hydrogen (secondary N) is 1. The topological polar surface area (TPSA) is 50.7 Å². The molecule has 21 heavy (non-hydrogen) atoms. The van der Waals surface area contributed by atoms with E-state index < -0.39 is 0 Å². The van der Waals surface area contributed by atoms with Gasteiger partial charge in [-0.05, 0) is 57.0 Å². The Bertz CT molecular complexity index is 807. The van der Waals surface area contributed by atoms with Gasteiger partial charge in [0.2, 0.25) is 5.13 Å². The Morgan fingerprint density at radius 1 is 1.05 bits per heavy atom. The van der Waals surface area contributed by atoms with E-state index in [1.807, 2.05) is 6.92 Å². The number of rotatable bonds is 3. The summed E-state index contributed by atoms with van der Waals surface area (Å²) >= 11 is 1.58. The van der Waals surface area contributed by atoms with Crippen LogP contribution in [0.15, 0.2) is 18.2 Å². The third-order valence-corrected chi connectivity index (χ3v) is 4.45. The molecule has 1 aromatic carbocycles. The van der Waals surface area contributed by atoms with Gasteiger partial charge in [0.1, 0.15) is 5.01 Å². The fourth-order valence-electron chi connectivity index (χ4n) is 2.35. The Balaban J connectivity index is 2.22. The molecule has 1 N–H and O–H groups in total. The first-order valence-corrected chi connectivity index (χ1v) is 7.86. The van der Waals surface area contributed by atoms with Crippen molar-refractivity contribution in [2.45, 2.75) is 27.7 Å². The lowest BCUT2D eigenvalue weighted by Crippen LogP contribution is -1.94. The summed E-state index contributed by atoms with van der Waals surface area (Å²) in [5.74, 6) is 0. The van der Waals surface area contributed by atoms with Crippen molar-refractivity contribution >= 4 is 27.4 Å². The van der Waals surface area contributed by atoms with E-state index in [-0.39, 0.29) is 0 Å². The minimum absolute atomic E-state index is 0.850. The quantitative estimate of drug-likeness (QED) is 0.790. The molecule has 0 aliphatic rings. The summed E-state index contributed by atoms with van der Waals surface area (Å²) in [4.78, 5) is 4.65. The van der Waals surface area contributed by atoms with E-state index in [1.54, 1.807) is 11.3 Å². The zero-order valence-corrected chi connectivity index (χ0v) is 13.5. The highest BCUT2D eigenvalue weighted by molar-refractivity contribution is 7.18. The summed E-state index contributed by atoms with van der Waals surface area (Å²) in [7, 11) is 0. The summed E-state index contributed by atoms with van der Waals surface area (Å²) < 4.78 is 0. The van der Waals surface area contributed by atoms with Crippen molar-refractivity contribution in [3.05, 3.63) is 35.0 Å². The molecule has 0 amide bonds. The number of aryl methyl sites for hydroxylation is 3. The molecular weight excluding hydrogens is 280 g/mol. The van der Waals surface area contributed by atoms with Gasteiger partial charge >= 0.3 is 0 Å². The molecule has 0 saturated heterocycles. The van der Waals surface area contributed by atoms with E-state index in [0.717, 1.165) is 38.8 Å². The zero-order chi connectivity index (χ0) is 15.0. The number of hydrogen-bond acceptors (Lipinski definition) is 5. The van der Waals surface area contributed by atoms with Gasteiger partial charge in [0.05, 0.1) is 5.52 Å². The number of pyridine rings is 1. The summed E-state index contributed by atoms with van der Waals surface area (Å²) in [5.41, 5.74) is 5.67. The average molecular weight is 298 g/mol. The summed E-state index contributed by atoms with van der Waals surface area (Å²) in [6.45, 7) is 9.17. The lowest BCUT2D eigenvalue weighted by Gasteiger charge is -2.08. The largest absolute Gasteiger partial charge is 0.360 e. The normalized spacial score (nSPS) is 11.0. The van der Waals surface area contributed by atoms with E-state index in [2.05, 4.69) is 59.5 Å². The van der Waals surface area contributed by atoms with Crippen molar-refractivity contribution in [2.24, 2.45) is 0 Å². The maximum atomic E-state index is 4.65. The highest BCUT2D eigenvalue weighted by Crippen LogP contribution is 2.33. The van der Waals surface area contributed by atoms with E-state index in [1.165, 1.54) is 11.1 Å². The lowest BCUT2D eigenvalue weighted by atomic mass is 10.0. The van der Waals surface area contributed by atoms with Gasteiger partial charge in [-0.3, -0.25) is 4.98 Å². The Morgan fingerprint density at radius 2 is 1.81 bits per heavy atom. The maximum Gasteiger partial charge on any atom is 0.205 e. The van der Waals surface area contributed by atoms with Crippen LogP contribution in [0.4, 0.5) is 5.13 Å². The number of fused-ring (bicyclic) bond motifs is 1. The third-order valence-electron chi connectivity index (χ3n) is 3.54. The second kappa shape index (κ2) is 5.41. The van der Waals surface area contributed by atoms with E-state index in [9.17, 15) is 0 Å². The minimum atomic E-state index is 0.850. The summed E-state index contributed by atoms with van der Waals surface area (Å²) in [5, 5.41) is 14.7. The van der Waals surface area contributed by atoms with Crippen molar-refractivity contribution in [1.82, 2.24) is 15.2 Å². The molecule has 0 saturated carbocycles. The fourth-order valence-corrected chi connectivity index (χ4v) is 3.19. The van der Waals surface area contributed by atoms with Gasteiger partial charge in [0, 0.05) is 23.2 Å². The predicted molar refractivity (Wildman–Crippen MR) is 89.0 cm³/mol. The molecule has 0 aliphatic heterocycles. The Labute approximate surface area is 128 Å². The first kappa shape index (κ1) is 13.9. The maximum absolute atomic E-state index is 4.65. The van der Waals surface area contributed by atoms with Crippen LogP contribution in [0.25, 0.3) is 21.5 Å². The Morgan fingerprint density at radius 3 is 2.57 bits per heavy atom. The van der Waals surface area contributed by atoms with Crippen LogP contribution in [0.3, 0.4) is 0 Å². The fraction of sp³-hybridized carbons (Fsp3) is 0.312. The molecule has 0 fully saturated rings. The van der Waals surface area contributed by atoms with Gasteiger partial charge in [-0.2, -0.15) is 0 Å². The molecule has 3 aromatic rings. The van der Waals surface area contributed by atoms with Crippen LogP contribution in [0.5, 0.6) is 0 Å². The first-order chi connectivity index (χ1) is 10.1. The van der Waals surface area contributed by atoms with Gasteiger partial charge in [-0.25, -0.2) is 0 Å². The number of benzene rings is 1. The summed E-state index contributed by atoms with van der Waals surface area (Å²) in [6, 6.07) is 6.43. The molecule has 0 bridgehead atoms. The predicted octanol–water partition coefficient (Wildman–Crippen LogP) is 4.11. The molecule has 0 spiro atoms. The van der Waals surface area contributed by atoms with Crippen LogP contribution in [-0.2, 0) is 0 Å². The van der Waals surface area contributed by atoms with E-state index in [4.69, 9.17) is 0 Å². The SMILES string of the molecule is CCNc1nnc(-c2cc(C)nc3cc(C)c(C)cc23)s1. The van der Waals surface area contributed by atoms with Crippen LogP contribution in [0.2, 0.25) is 0 Å². The minimum Gasteiger partial charge on any atom is -0.360 e. The van der Waals surface area contributed by atoms with Gasteiger partial charge < -0.3 is 5.32 Å². The number of nitrogens with zero attached hydrogens (tertiary/aromatic N) is 3. The molecule has 0 unspecified atom stereocenters. The monoisotopic (exact) mass is 298 g/mol. The first-order valence-electron chi connectivity index (χ1n) is 7.05. The van der Waals surface area contributed by atoms with E-state index >= 15 is 0 Å². The smallest absolute Gasteiger partial charge is 0.205 e. The van der Waals surface area contributed by atoms with Crippen molar-refractivity contribution in [2.75, 3.05) is 11.9 Å². The number of hydrogen-bond donors (Lipinski definition) is 1. The average Bonchev–Trinajstić information content (AvgIpc) is 2.89. The van der Waals surface area contributed by atoms with Gasteiger partial charge in [0.15, 0.2) is 0 Å². The lowest BCUT2D eigenvalue weighted by molar-refractivity contribution is 1.07. The van der Waals surface area contributed by atoms with Gasteiger partial charge in [-0.15, -0.1) is 10.2 Å². The van der Waals surface area contributed by atoms with Crippen LogP contribution in [0.1, 0.15) is 23.7 Å². The molecule has 3 rings (SSSR count). The molecule has 0 radical (unpaired) electrons. The molecule has 0 aliphatic carbocycles. The Hall–Kier alpha value is -2.01. The second-order valence-electron chi connectivity index (χ2n) is 5.21. The van der Waals surface area contributed by atoms with Crippen molar-refractivity contribution in [3.63, 3.8) is 0 Å². The van der Waals surface area contributed by atoms with Gasteiger partial charge in [0.25, 0.3) is 0 Å². The highest BCUT2D eigenvalue weighted by Gasteiger charge is 2.12. The van der Waals surface area contributed by atoms with Crippen molar-refractivity contribution < 1.29 is 0 Å². The molecular formula is C16H18N4S. The second-order valence-corrected chi connectivity index (χ2v) is 6.19. The van der Waals surface area contributed by atoms with Crippen molar-refractivity contribution in [1.29, 1.82) is 0 Å². The molecule has 4 nitrogen and oxygen atoms in total. The molecule has 108 valence electrons. The highest BCUT2D eigenvalue weighted by atomic mass is 32.1. The van der Waals surface area contributed by atoms with Crippen molar-refractivity contribution in [3.8, 4) is 10.6 Å². The van der Waals surface area contributed by atoms with Gasteiger partial charge in [-0.1, -0.05) is 11.3 Å².